The summed E-state index contributed by atoms with van der Waals surface area (Å²) in [4.78, 5) is 32.8. The molecule has 4 aromatic rings. The maximum atomic E-state index is 13.9. The minimum Gasteiger partial charge on any atom is -0.349 e. The molecular weight excluding hydrogens is 525 g/mol. The molecule has 0 aliphatic carbocycles. The van der Waals surface area contributed by atoms with Gasteiger partial charge in [0, 0.05) is 17.2 Å². The first-order valence-electron chi connectivity index (χ1n) is 13.2. The van der Waals surface area contributed by atoms with E-state index in [0.29, 0.717) is 11.5 Å². The van der Waals surface area contributed by atoms with Crippen LogP contribution >= 0.6 is 11.8 Å². The second-order valence-electron chi connectivity index (χ2n) is 10.9. The van der Waals surface area contributed by atoms with E-state index in [0.717, 1.165) is 28.1 Å². The van der Waals surface area contributed by atoms with E-state index in [4.69, 9.17) is 5.10 Å². The van der Waals surface area contributed by atoms with E-state index in [1.54, 1.807) is 23.0 Å². The summed E-state index contributed by atoms with van der Waals surface area (Å²) in [6, 6.07) is 19.8. The number of benzene rings is 2. The summed E-state index contributed by atoms with van der Waals surface area (Å²) in [6.45, 7) is 8.36. The molecule has 0 bridgehead atoms. The Balaban J connectivity index is 1.65. The van der Waals surface area contributed by atoms with Gasteiger partial charge < -0.3 is 5.32 Å². The summed E-state index contributed by atoms with van der Waals surface area (Å²) in [6.07, 6.45) is 1.67. The van der Waals surface area contributed by atoms with Gasteiger partial charge in [-0.2, -0.15) is 5.10 Å². The predicted molar refractivity (Wildman–Crippen MR) is 156 cm³/mol. The zero-order valence-corrected chi connectivity index (χ0v) is 23.8. The minimum absolute atomic E-state index is 0.184. The van der Waals surface area contributed by atoms with Gasteiger partial charge in [0.25, 0.3) is 0 Å². The van der Waals surface area contributed by atoms with Gasteiger partial charge >= 0.3 is 0 Å². The number of amides is 2. The van der Waals surface area contributed by atoms with Crippen LogP contribution in [0.3, 0.4) is 0 Å². The molecule has 0 radical (unpaired) electrons. The van der Waals surface area contributed by atoms with E-state index in [1.165, 1.54) is 28.8 Å². The average Bonchev–Trinajstić information content (AvgIpc) is 3.26. The molecule has 0 saturated heterocycles. The fourth-order valence-electron chi connectivity index (χ4n) is 4.82. The van der Waals surface area contributed by atoms with Gasteiger partial charge in [-0.1, -0.05) is 56.7 Å². The highest BCUT2D eigenvalue weighted by molar-refractivity contribution is 8.00. The first kappa shape index (κ1) is 27.6. The number of thioether (sulfide) groups is 1. The lowest BCUT2D eigenvalue weighted by Gasteiger charge is -2.24. The summed E-state index contributed by atoms with van der Waals surface area (Å²) in [5, 5.41) is 7.73. The third-order valence-electron chi connectivity index (χ3n) is 6.71. The lowest BCUT2D eigenvalue weighted by molar-refractivity contribution is -0.123. The third-order valence-corrected chi connectivity index (χ3v) is 7.96. The normalized spacial score (nSPS) is 15.5. The Morgan fingerprint density at radius 1 is 1.10 bits per heavy atom. The summed E-state index contributed by atoms with van der Waals surface area (Å²) in [5.74, 6) is -0.154. The van der Waals surface area contributed by atoms with Gasteiger partial charge in [0.05, 0.1) is 34.6 Å². The van der Waals surface area contributed by atoms with Crippen molar-refractivity contribution < 1.29 is 14.0 Å². The number of fused-ring (bicyclic) bond motifs is 1. The lowest BCUT2D eigenvalue weighted by Crippen LogP contribution is -2.42. The van der Waals surface area contributed by atoms with Gasteiger partial charge in [0.2, 0.25) is 11.8 Å². The molecule has 2 aromatic carbocycles. The number of pyridine rings is 1. The number of aryl methyl sites for hydroxylation is 1. The number of rotatable bonds is 6. The van der Waals surface area contributed by atoms with Gasteiger partial charge in [-0.05, 0) is 48.9 Å². The SMILES string of the molecule is Cc1cccc([C@H]2SCC(=O)N(CC(=O)NCc3ccccn3)c3c2c(C(C)(C)C)nn3-c2ccc(F)cc2)c1. The molecule has 206 valence electrons. The molecule has 1 atom stereocenters. The Labute approximate surface area is 237 Å². The lowest BCUT2D eigenvalue weighted by atomic mass is 9.87. The van der Waals surface area contributed by atoms with Crippen LogP contribution in [0.15, 0.2) is 72.9 Å². The Kier molecular flexibility index (Phi) is 7.76. The molecule has 3 heterocycles. The van der Waals surface area contributed by atoms with Crippen molar-refractivity contribution >= 4 is 29.4 Å². The van der Waals surface area contributed by atoms with E-state index in [1.807, 2.05) is 37.3 Å². The molecule has 0 spiro atoms. The van der Waals surface area contributed by atoms with Crippen molar-refractivity contribution in [2.45, 2.75) is 44.9 Å². The molecule has 7 nitrogen and oxygen atoms in total. The number of anilines is 1. The number of hydrogen-bond acceptors (Lipinski definition) is 5. The van der Waals surface area contributed by atoms with Gasteiger partial charge in [-0.15, -0.1) is 11.8 Å². The first-order valence-corrected chi connectivity index (χ1v) is 14.2. The second kappa shape index (κ2) is 11.3. The van der Waals surface area contributed by atoms with Crippen molar-refractivity contribution in [3.05, 3.63) is 107 Å². The number of carbonyl (C=O) groups excluding carboxylic acids is 2. The fraction of sp³-hybridized carbons (Fsp3) is 0.290. The summed E-state index contributed by atoms with van der Waals surface area (Å²) in [5.41, 5.74) is 4.83. The number of hydrogen-bond donors (Lipinski definition) is 1. The van der Waals surface area contributed by atoms with Crippen LogP contribution in [0.1, 0.15) is 54.1 Å². The quantitative estimate of drug-likeness (QED) is 0.339. The van der Waals surface area contributed by atoms with Crippen molar-refractivity contribution in [3.63, 3.8) is 0 Å². The molecule has 40 heavy (non-hydrogen) atoms. The highest BCUT2D eigenvalue weighted by Crippen LogP contribution is 2.48. The van der Waals surface area contributed by atoms with E-state index >= 15 is 0 Å². The van der Waals surface area contributed by atoms with Crippen LogP contribution in [0.25, 0.3) is 5.69 Å². The van der Waals surface area contributed by atoms with Gasteiger partial charge in [0.1, 0.15) is 18.2 Å². The maximum absolute atomic E-state index is 13.9. The summed E-state index contributed by atoms with van der Waals surface area (Å²) in [7, 11) is 0. The number of aromatic nitrogens is 3. The zero-order chi connectivity index (χ0) is 28.4. The highest BCUT2D eigenvalue weighted by Gasteiger charge is 2.40. The Morgan fingerprint density at radius 3 is 2.55 bits per heavy atom. The Morgan fingerprint density at radius 2 is 1.88 bits per heavy atom. The monoisotopic (exact) mass is 557 g/mol. The maximum Gasteiger partial charge on any atom is 0.240 e. The Hall–Kier alpha value is -3.98. The number of halogens is 1. The molecule has 1 aliphatic heterocycles. The molecule has 9 heteroatoms. The standard InChI is InChI=1S/C31H32FN5O2S/c1-20-8-7-9-21(16-20)28-27-29(31(2,3)4)35-37(24-13-11-22(32)12-14-24)30(27)36(26(39)19-40-28)18-25(38)34-17-23-10-5-6-15-33-23/h5-16,28H,17-19H2,1-4H3,(H,34,38)/t28-/m1/s1. The van der Waals surface area contributed by atoms with E-state index in [9.17, 15) is 14.0 Å². The molecule has 5 rings (SSSR count). The van der Waals surface area contributed by atoms with Crippen molar-refractivity contribution in [3.8, 4) is 5.69 Å². The van der Waals surface area contributed by atoms with Crippen molar-refractivity contribution in [2.24, 2.45) is 0 Å². The molecule has 2 aromatic heterocycles. The van der Waals surface area contributed by atoms with Crippen LogP contribution in [-0.4, -0.2) is 38.9 Å². The number of carbonyl (C=O) groups is 2. The largest absolute Gasteiger partial charge is 0.349 e. The van der Waals surface area contributed by atoms with Crippen molar-refractivity contribution in [1.82, 2.24) is 20.1 Å². The van der Waals surface area contributed by atoms with Crippen LogP contribution in [0, 0.1) is 12.7 Å². The van der Waals surface area contributed by atoms with Gasteiger partial charge in [0.15, 0.2) is 0 Å². The van der Waals surface area contributed by atoms with E-state index < -0.39 is 0 Å². The van der Waals surface area contributed by atoms with Crippen LogP contribution in [-0.2, 0) is 21.5 Å². The van der Waals surface area contributed by atoms with E-state index in [-0.39, 0.29) is 47.1 Å². The summed E-state index contributed by atoms with van der Waals surface area (Å²) >= 11 is 1.53. The van der Waals surface area contributed by atoms with Crippen molar-refractivity contribution in [1.29, 1.82) is 0 Å². The van der Waals surface area contributed by atoms with Crippen molar-refractivity contribution in [2.75, 3.05) is 17.2 Å². The average molecular weight is 558 g/mol. The summed E-state index contributed by atoms with van der Waals surface area (Å²) < 4.78 is 15.6. The first-order chi connectivity index (χ1) is 19.1. The molecular formula is C31H32FN5O2S. The number of nitrogens with one attached hydrogen (secondary N) is 1. The third kappa shape index (κ3) is 5.79. The highest BCUT2D eigenvalue weighted by atomic mass is 32.2. The minimum atomic E-state index is -0.377. The van der Waals surface area contributed by atoms with Gasteiger partial charge in [-0.3, -0.25) is 19.5 Å². The molecule has 1 aliphatic rings. The predicted octanol–water partition coefficient (Wildman–Crippen LogP) is 5.50. The van der Waals surface area contributed by atoms with Crippen LogP contribution in [0.5, 0.6) is 0 Å². The molecule has 0 fully saturated rings. The molecule has 1 N–H and O–H groups in total. The van der Waals surface area contributed by atoms with Crippen LogP contribution in [0.2, 0.25) is 0 Å². The topological polar surface area (TPSA) is 80.1 Å². The zero-order valence-electron chi connectivity index (χ0n) is 23.0. The second-order valence-corrected chi connectivity index (χ2v) is 12.0. The fourth-order valence-corrected chi connectivity index (χ4v) is 6.01. The molecule has 0 saturated carbocycles. The smallest absolute Gasteiger partial charge is 0.240 e. The van der Waals surface area contributed by atoms with Crippen LogP contribution < -0.4 is 10.2 Å². The molecule has 0 unspecified atom stereocenters. The molecule has 2 amide bonds. The van der Waals surface area contributed by atoms with Gasteiger partial charge in [-0.25, -0.2) is 9.07 Å². The Bertz CT molecular complexity index is 1530. The number of nitrogens with zero attached hydrogens (tertiary/aromatic N) is 4. The van der Waals surface area contributed by atoms with E-state index in [2.05, 4.69) is 43.2 Å². The van der Waals surface area contributed by atoms with Crippen LogP contribution in [0.4, 0.5) is 10.2 Å².